The van der Waals surface area contributed by atoms with E-state index in [9.17, 15) is 8.42 Å². The maximum absolute atomic E-state index is 11.9. The Morgan fingerprint density at radius 3 is 2.53 bits per heavy atom. The van der Waals surface area contributed by atoms with Crippen LogP contribution in [0.1, 0.15) is 18.9 Å². The Morgan fingerprint density at radius 1 is 1.26 bits per heavy atom. The second-order valence-corrected chi connectivity index (χ2v) is 5.90. The highest BCUT2D eigenvalue weighted by molar-refractivity contribution is 7.89. The molecule has 6 heteroatoms. The van der Waals surface area contributed by atoms with E-state index in [1.807, 2.05) is 19.1 Å². The van der Waals surface area contributed by atoms with E-state index in [0.29, 0.717) is 19.8 Å². The van der Waals surface area contributed by atoms with E-state index in [0.717, 1.165) is 18.4 Å². The summed E-state index contributed by atoms with van der Waals surface area (Å²) in [6.45, 7) is 3.75. The fraction of sp³-hybridized carbons (Fsp3) is 0.538. The molecule has 0 fully saturated rings. The van der Waals surface area contributed by atoms with E-state index in [-0.39, 0.29) is 11.4 Å². The molecule has 0 aromatic heterocycles. The molecule has 0 spiro atoms. The first-order valence-electron chi connectivity index (χ1n) is 6.46. The number of ether oxygens (including phenoxy) is 1. The summed E-state index contributed by atoms with van der Waals surface area (Å²) in [4.78, 5) is 0.278. The monoisotopic (exact) mass is 286 g/mol. The average Bonchev–Trinajstić information content (AvgIpc) is 2.42. The Kier molecular flexibility index (Phi) is 7.01. The molecule has 1 aromatic carbocycles. The van der Waals surface area contributed by atoms with Gasteiger partial charge in [0, 0.05) is 13.2 Å². The highest BCUT2D eigenvalue weighted by Gasteiger charge is 2.12. The lowest BCUT2D eigenvalue weighted by molar-refractivity contribution is 0.153. The van der Waals surface area contributed by atoms with E-state index in [4.69, 9.17) is 10.5 Å². The Morgan fingerprint density at radius 2 is 1.95 bits per heavy atom. The van der Waals surface area contributed by atoms with Crippen molar-refractivity contribution < 1.29 is 13.2 Å². The zero-order chi connectivity index (χ0) is 14.1. The zero-order valence-electron chi connectivity index (χ0n) is 11.3. The molecule has 0 aliphatic carbocycles. The van der Waals surface area contributed by atoms with E-state index in [2.05, 4.69) is 4.72 Å². The molecule has 1 rings (SSSR count). The van der Waals surface area contributed by atoms with Crippen molar-refractivity contribution >= 4 is 10.0 Å². The highest BCUT2D eigenvalue weighted by atomic mass is 32.2. The Hall–Kier alpha value is -0.950. The van der Waals surface area contributed by atoms with Crippen LogP contribution in [0.25, 0.3) is 0 Å². The first-order chi connectivity index (χ1) is 9.10. The van der Waals surface area contributed by atoms with Crippen LogP contribution < -0.4 is 10.5 Å². The molecule has 0 saturated heterocycles. The van der Waals surface area contributed by atoms with Crippen molar-refractivity contribution in [3.63, 3.8) is 0 Å². The van der Waals surface area contributed by atoms with Crippen LogP contribution >= 0.6 is 0 Å². The molecule has 0 bridgehead atoms. The van der Waals surface area contributed by atoms with E-state index in [1.165, 1.54) is 0 Å². The lowest BCUT2D eigenvalue weighted by atomic mass is 10.1. The van der Waals surface area contributed by atoms with Crippen LogP contribution in [0.15, 0.2) is 29.2 Å². The van der Waals surface area contributed by atoms with Gasteiger partial charge in [0.1, 0.15) is 0 Å². The summed E-state index contributed by atoms with van der Waals surface area (Å²) < 4.78 is 31.5. The van der Waals surface area contributed by atoms with Crippen LogP contribution in [-0.4, -0.2) is 34.7 Å². The van der Waals surface area contributed by atoms with Crippen molar-refractivity contribution in [2.24, 2.45) is 5.73 Å². The molecule has 108 valence electrons. The molecule has 0 saturated carbocycles. The van der Waals surface area contributed by atoms with Gasteiger partial charge in [-0.2, -0.15) is 0 Å². The first kappa shape index (κ1) is 16.1. The second-order valence-electron chi connectivity index (χ2n) is 4.13. The number of aryl methyl sites for hydroxylation is 1. The number of sulfonamides is 1. The second kappa shape index (κ2) is 8.27. The Bertz CT molecular complexity index is 457. The molecule has 0 atom stereocenters. The van der Waals surface area contributed by atoms with E-state index >= 15 is 0 Å². The number of hydrogen-bond donors (Lipinski definition) is 2. The molecule has 0 heterocycles. The van der Waals surface area contributed by atoms with Gasteiger partial charge >= 0.3 is 0 Å². The number of nitrogens with one attached hydrogen (secondary N) is 1. The standard InChI is InChI=1S/C13H22N2O3S/c1-2-18-11-10-15-19(16,17)13-7-5-12(6-8-13)4-3-9-14/h5-8,15H,2-4,9-11,14H2,1H3. The van der Waals surface area contributed by atoms with Crippen molar-refractivity contribution in [1.82, 2.24) is 4.72 Å². The molecule has 0 unspecified atom stereocenters. The third-order valence-corrected chi connectivity index (χ3v) is 4.12. The smallest absolute Gasteiger partial charge is 0.240 e. The van der Waals surface area contributed by atoms with Gasteiger partial charge in [0.2, 0.25) is 10.0 Å². The highest BCUT2D eigenvalue weighted by Crippen LogP contribution is 2.11. The maximum Gasteiger partial charge on any atom is 0.240 e. The van der Waals surface area contributed by atoms with E-state index in [1.54, 1.807) is 12.1 Å². The average molecular weight is 286 g/mol. The molecular weight excluding hydrogens is 264 g/mol. The summed E-state index contributed by atoms with van der Waals surface area (Å²) >= 11 is 0. The van der Waals surface area contributed by atoms with Gasteiger partial charge in [0.05, 0.1) is 11.5 Å². The Balaban J connectivity index is 2.58. The summed E-state index contributed by atoms with van der Waals surface area (Å²) in [5.74, 6) is 0. The van der Waals surface area contributed by atoms with Gasteiger partial charge in [-0.05, 0) is 44.0 Å². The topological polar surface area (TPSA) is 81.4 Å². The molecular formula is C13H22N2O3S. The van der Waals surface area contributed by atoms with Crippen LogP contribution in [-0.2, 0) is 21.2 Å². The van der Waals surface area contributed by atoms with Crippen LogP contribution in [0, 0.1) is 0 Å². The number of benzene rings is 1. The summed E-state index contributed by atoms with van der Waals surface area (Å²) in [5, 5.41) is 0. The van der Waals surface area contributed by atoms with Gasteiger partial charge in [-0.1, -0.05) is 12.1 Å². The molecule has 0 radical (unpaired) electrons. The number of rotatable bonds is 9. The van der Waals surface area contributed by atoms with Gasteiger partial charge in [0.15, 0.2) is 0 Å². The predicted octanol–water partition coefficient (Wildman–Crippen LogP) is 0.893. The van der Waals surface area contributed by atoms with Gasteiger partial charge in [-0.25, -0.2) is 13.1 Å². The predicted molar refractivity (Wildman–Crippen MR) is 75.5 cm³/mol. The maximum atomic E-state index is 11.9. The molecule has 5 nitrogen and oxygen atoms in total. The first-order valence-corrected chi connectivity index (χ1v) is 7.95. The lowest BCUT2D eigenvalue weighted by Crippen LogP contribution is -2.27. The normalized spacial score (nSPS) is 11.7. The molecule has 1 aromatic rings. The van der Waals surface area contributed by atoms with Crippen LogP contribution in [0.5, 0.6) is 0 Å². The Labute approximate surface area is 115 Å². The minimum atomic E-state index is -3.43. The van der Waals surface area contributed by atoms with Crippen molar-refractivity contribution in [3.8, 4) is 0 Å². The van der Waals surface area contributed by atoms with Gasteiger partial charge in [-0.3, -0.25) is 0 Å². The van der Waals surface area contributed by atoms with Crippen molar-refractivity contribution in [2.45, 2.75) is 24.7 Å². The fourth-order valence-corrected chi connectivity index (χ4v) is 2.63. The molecule has 19 heavy (non-hydrogen) atoms. The molecule has 0 aliphatic rings. The molecule has 0 amide bonds. The minimum absolute atomic E-state index is 0.278. The van der Waals surface area contributed by atoms with E-state index < -0.39 is 10.0 Å². The van der Waals surface area contributed by atoms with Crippen molar-refractivity contribution in [2.75, 3.05) is 26.3 Å². The van der Waals surface area contributed by atoms with Crippen LogP contribution in [0.2, 0.25) is 0 Å². The summed E-state index contributed by atoms with van der Waals surface area (Å²) in [6.07, 6.45) is 1.77. The minimum Gasteiger partial charge on any atom is -0.380 e. The van der Waals surface area contributed by atoms with Crippen molar-refractivity contribution in [3.05, 3.63) is 29.8 Å². The summed E-state index contributed by atoms with van der Waals surface area (Å²) in [7, 11) is -3.43. The van der Waals surface area contributed by atoms with Crippen LogP contribution in [0.3, 0.4) is 0 Å². The number of nitrogens with two attached hydrogens (primary N) is 1. The third-order valence-electron chi connectivity index (χ3n) is 2.65. The van der Waals surface area contributed by atoms with Gasteiger partial charge in [-0.15, -0.1) is 0 Å². The SMILES string of the molecule is CCOCCNS(=O)(=O)c1ccc(CCCN)cc1. The summed E-state index contributed by atoms with van der Waals surface area (Å²) in [5.41, 5.74) is 6.53. The summed E-state index contributed by atoms with van der Waals surface area (Å²) in [6, 6.07) is 6.89. The third kappa shape index (κ3) is 5.69. The van der Waals surface area contributed by atoms with Gasteiger partial charge in [0.25, 0.3) is 0 Å². The largest absolute Gasteiger partial charge is 0.380 e. The fourth-order valence-electron chi connectivity index (χ4n) is 1.62. The quantitative estimate of drug-likeness (QED) is 0.661. The molecule has 0 aliphatic heterocycles. The van der Waals surface area contributed by atoms with Crippen LogP contribution in [0.4, 0.5) is 0 Å². The van der Waals surface area contributed by atoms with Gasteiger partial charge < -0.3 is 10.5 Å². The zero-order valence-corrected chi connectivity index (χ0v) is 12.1. The molecule has 3 N–H and O–H groups in total. The lowest BCUT2D eigenvalue weighted by Gasteiger charge is -2.07. The number of hydrogen-bond acceptors (Lipinski definition) is 4. The van der Waals surface area contributed by atoms with Crippen molar-refractivity contribution in [1.29, 1.82) is 0 Å².